The van der Waals surface area contributed by atoms with Crippen molar-refractivity contribution in [3.8, 4) is 0 Å². The standard InChI is InChI=1S/C14H26N2O4S/c1-20-10-8-15-21(18,19)13-7-4-9-16(11-13)14(17)12-5-2-3-6-12/h12-13,15H,2-11H2,1H3/t13-/m0/s1. The predicted molar refractivity (Wildman–Crippen MR) is 80.4 cm³/mol. The Morgan fingerprint density at radius 2 is 1.95 bits per heavy atom. The van der Waals surface area contributed by atoms with Gasteiger partial charge in [-0.3, -0.25) is 4.79 Å². The Hall–Kier alpha value is -0.660. The fourth-order valence-corrected chi connectivity index (χ4v) is 4.68. The molecule has 2 fully saturated rings. The summed E-state index contributed by atoms with van der Waals surface area (Å²) in [7, 11) is -1.83. The van der Waals surface area contributed by atoms with E-state index in [4.69, 9.17) is 4.74 Å². The highest BCUT2D eigenvalue weighted by Crippen LogP contribution is 2.28. The van der Waals surface area contributed by atoms with Crippen molar-refractivity contribution in [2.24, 2.45) is 5.92 Å². The van der Waals surface area contributed by atoms with Crippen LogP contribution in [0.5, 0.6) is 0 Å². The van der Waals surface area contributed by atoms with Gasteiger partial charge < -0.3 is 9.64 Å². The number of hydrogen-bond acceptors (Lipinski definition) is 4. The van der Waals surface area contributed by atoms with Gasteiger partial charge in [-0.15, -0.1) is 0 Å². The van der Waals surface area contributed by atoms with Crippen LogP contribution in [0.1, 0.15) is 38.5 Å². The fraction of sp³-hybridized carbons (Fsp3) is 0.929. The van der Waals surface area contributed by atoms with E-state index in [1.165, 1.54) is 7.11 Å². The number of ether oxygens (including phenoxy) is 1. The van der Waals surface area contributed by atoms with E-state index in [0.717, 1.165) is 32.1 Å². The van der Waals surface area contributed by atoms with E-state index in [9.17, 15) is 13.2 Å². The average molecular weight is 318 g/mol. The number of hydrogen-bond donors (Lipinski definition) is 1. The van der Waals surface area contributed by atoms with Crippen LogP contribution in [0.3, 0.4) is 0 Å². The van der Waals surface area contributed by atoms with Gasteiger partial charge >= 0.3 is 0 Å². The van der Waals surface area contributed by atoms with Crippen molar-refractivity contribution in [1.82, 2.24) is 9.62 Å². The molecule has 1 heterocycles. The zero-order chi connectivity index (χ0) is 15.3. The molecule has 0 aromatic carbocycles. The molecule has 0 unspecified atom stereocenters. The summed E-state index contributed by atoms with van der Waals surface area (Å²) in [5, 5.41) is -0.492. The Bertz CT molecular complexity index is 446. The monoisotopic (exact) mass is 318 g/mol. The largest absolute Gasteiger partial charge is 0.383 e. The van der Waals surface area contributed by atoms with Gasteiger partial charge in [0, 0.05) is 32.7 Å². The predicted octanol–water partition coefficient (Wildman–Crippen LogP) is 0.733. The number of amides is 1. The first-order valence-corrected chi connectivity index (χ1v) is 9.35. The van der Waals surface area contributed by atoms with Crippen LogP contribution in [-0.4, -0.2) is 57.8 Å². The normalized spacial score (nSPS) is 24.4. The molecule has 0 aromatic rings. The molecule has 2 aliphatic rings. The molecule has 0 aromatic heterocycles. The van der Waals surface area contributed by atoms with Gasteiger partial charge in [-0.05, 0) is 25.7 Å². The smallest absolute Gasteiger partial charge is 0.225 e. The van der Waals surface area contributed by atoms with Crippen molar-refractivity contribution in [3.63, 3.8) is 0 Å². The van der Waals surface area contributed by atoms with Gasteiger partial charge in [0.15, 0.2) is 0 Å². The molecule has 0 spiro atoms. The summed E-state index contributed by atoms with van der Waals surface area (Å²) in [6, 6.07) is 0. The zero-order valence-electron chi connectivity index (χ0n) is 12.7. The molecule has 1 aliphatic heterocycles. The summed E-state index contributed by atoms with van der Waals surface area (Å²) in [4.78, 5) is 14.2. The van der Waals surface area contributed by atoms with Gasteiger partial charge in [0.1, 0.15) is 0 Å². The maximum atomic E-state index is 12.4. The van der Waals surface area contributed by atoms with Crippen molar-refractivity contribution < 1.29 is 17.9 Å². The summed E-state index contributed by atoms with van der Waals surface area (Å²) in [6.07, 6.45) is 5.53. The molecular formula is C14H26N2O4S. The van der Waals surface area contributed by atoms with Crippen molar-refractivity contribution in [2.75, 3.05) is 33.4 Å². The van der Waals surface area contributed by atoms with Crippen LogP contribution in [0, 0.1) is 5.92 Å². The van der Waals surface area contributed by atoms with Gasteiger partial charge in [-0.1, -0.05) is 12.8 Å². The first-order valence-electron chi connectivity index (χ1n) is 7.81. The zero-order valence-corrected chi connectivity index (χ0v) is 13.5. The van der Waals surface area contributed by atoms with Crippen LogP contribution >= 0.6 is 0 Å². The van der Waals surface area contributed by atoms with Gasteiger partial charge in [0.2, 0.25) is 15.9 Å². The highest BCUT2D eigenvalue weighted by Gasteiger charge is 2.35. The van der Waals surface area contributed by atoms with Crippen LogP contribution in [0.15, 0.2) is 0 Å². The third-order valence-electron chi connectivity index (χ3n) is 4.44. The van der Waals surface area contributed by atoms with Crippen molar-refractivity contribution >= 4 is 15.9 Å². The van der Waals surface area contributed by atoms with Gasteiger partial charge in [0.25, 0.3) is 0 Å². The number of rotatable bonds is 6. The van der Waals surface area contributed by atoms with E-state index < -0.39 is 15.3 Å². The topological polar surface area (TPSA) is 75.7 Å². The quantitative estimate of drug-likeness (QED) is 0.733. The number of piperidine rings is 1. The van der Waals surface area contributed by atoms with Gasteiger partial charge in [-0.25, -0.2) is 13.1 Å². The van der Waals surface area contributed by atoms with Crippen molar-refractivity contribution in [1.29, 1.82) is 0 Å². The number of nitrogens with zero attached hydrogens (tertiary/aromatic N) is 1. The Balaban J connectivity index is 1.91. The molecule has 1 saturated carbocycles. The van der Waals surface area contributed by atoms with Crippen LogP contribution < -0.4 is 4.72 Å². The number of methoxy groups -OCH3 is 1. The highest BCUT2D eigenvalue weighted by molar-refractivity contribution is 7.90. The molecule has 1 N–H and O–H groups in total. The third kappa shape index (κ3) is 4.40. The third-order valence-corrected chi connectivity index (χ3v) is 6.31. The van der Waals surface area contributed by atoms with Crippen LogP contribution in [-0.2, 0) is 19.6 Å². The number of sulfonamides is 1. The maximum absolute atomic E-state index is 12.4. The van der Waals surface area contributed by atoms with Gasteiger partial charge in [-0.2, -0.15) is 0 Å². The molecule has 21 heavy (non-hydrogen) atoms. The minimum absolute atomic E-state index is 0.118. The molecular weight excluding hydrogens is 292 g/mol. The number of carbonyl (C=O) groups excluding carboxylic acids is 1. The van der Waals surface area contributed by atoms with Crippen LogP contribution in [0.4, 0.5) is 0 Å². The van der Waals surface area contributed by atoms with Crippen molar-refractivity contribution in [3.05, 3.63) is 0 Å². The lowest BCUT2D eigenvalue weighted by molar-refractivity contribution is -0.136. The second-order valence-electron chi connectivity index (χ2n) is 5.96. The fourth-order valence-electron chi connectivity index (χ4n) is 3.23. The molecule has 1 aliphatic carbocycles. The maximum Gasteiger partial charge on any atom is 0.225 e. The summed E-state index contributed by atoms with van der Waals surface area (Å²) < 4.78 is 31.9. The number of nitrogens with one attached hydrogen (secondary N) is 1. The van der Waals surface area contributed by atoms with E-state index >= 15 is 0 Å². The minimum atomic E-state index is -3.37. The summed E-state index contributed by atoms with van der Waals surface area (Å²) >= 11 is 0. The first kappa shape index (κ1) is 16.7. The Kier molecular flexibility index (Phi) is 6.01. The van der Waals surface area contributed by atoms with E-state index in [1.807, 2.05) is 0 Å². The number of carbonyl (C=O) groups is 1. The highest BCUT2D eigenvalue weighted by atomic mass is 32.2. The first-order chi connectivity index (χ1) is 10.0. The molecule has 1 saturated heterocycles. The average Bonchev–Trinajstić information content (AvgIpc) is 3.01. The van der Waals surface area contributed by atoms with Crippen molar-refractivity contribution in [2.45, 2.75) is 43.8 Å². The molecule has 0 bridgehead atoms. The van der Waals surface area contributed by atoms with E-state index in [1.54, 1.807) is 4.90 Å². The lowest BCUT2D eigenvalue weighted by atomic mass is 10.0. The molecule has 6 nitrogen and oxygen atoms in total. The molecule has 0 radical (unpaired) electrons. The second kappa shape index (κ2) is 7.56. The molecule has 122 valence electrons. The Morgan fingerprint density at radius 3 is 2.62 bits per heavy atom. The Labute approximate surface area is 127 Å². The minimum Gasteiger partial charge on any atom is -0.383 e. The molecule has 1 amide bonds. The summed E-state index contributed by atoms with van der Waals surface area (Å²) in [6.45, 7) is 1.67. The molecule has 7 heteroatoms. The SMILES string of the molecule is COCCNS(=O)(=O)[C@H]1CCCN(C(=O)C2CCCC2)C1. The lowest BCUT2D eigenvalue weighted by Gasteiger charge is -2.34. The van der Waals surface area contributed by atoms with E-state index in [-0.39, 0.29) is 18.4 Å². The van der Waals surface area contributed by atoms with Crippen LogP contribution in [0.25, 0.3) is 0 Å². The van der Waals surface area contributed by atoms with Gasteiger partial charge in [0.05, 0.1) is 11.9 Å². The molecule has 2 rings (SSSR count). The van der Waals surface area contributed by atoms with Crippen LogP contribution in [0.2, 0.25) is 0 Å². The summed E-state index contributed by atoms with van der Waals surface area (Å²) in [5.74, 6) is 0.275. The van der Waals surface area contributed by atoms with E-state index in [0.29, 0.717) is 26.1 Å². The summed E-state index contributed by atoms with van der Waals surface area (Å²) in [5.41, 5.74) is 0. The lowest BCUT2D eigenvalue weighted by Crippen LogP contribution is -2.50. The Morgan fingerprint density at radius 1 is 1.24 bits per heavy atom. The van der Waals surface area contributed by atoms with E-state index in [2.05, 4.69) is 4.72 Å². The second-order valence-corrected chi connectivity index (χ2v) is 8.01. The molecule has 1 atom stereocenters. The number of likely N-dealkylation sites (tertiary alicyclic amines) is 1.